The van der Waals surface area contributed by atoms with E-state index in [0.717, 1.165) is 5.56 Å². The standard InChI is InChI=1S/C17H12FNO3/c18-11-3-1-2-9(6-11)13-8-17(13)12-7-10(15(20)21)4-5-14(12)19-16(17)22/h1-7,13H,8H2,(H,19,22)(H,20,21)/t13-,17-/m1/s1. The second-order valence-corrected chi connectivity index (χ2v) is 5.80. The zero-order valence-electron chi connectivity index (χ0n) is 11.5. The highest BCUT2D eigenvalue weighted by Gasteiger charge is 2.65. The number of rotatable bonds is 2. The first kappa shape index (κ1) is 13.0. The molecule has 0 unspecified atom stereocenters. The van der Waals surface area contributed by atoms with Crippen molar-refractivity contribution in [1.29, 1.82) is 0 Å². The number of amides is 1. The Bertz CT molecular complexity index is 832. The number of carboxylic acids is 1. The maximum absolute atomic E-state index is 13.4. The fourth-order valence-corrected chi connectivity index (χ4v) is 3.45. The first-order valence-electron chi connectivity index (χ1n) is 6.97. The summed E-state index contributed by atoms with van der Waals surface area (Å²) < 4.78 is 13.4. The minimum absolute atomic E-state index is 0.117. The molecule has 0 radical (unpaired) electrons. The van der Waals surface area contributed by atoms with E-state index in [1.165, 1.54) is 18.2 Å². The highest BCUT2D eigenvalue weighted by atomic mass is 19.1. The van der Waals surface area contributed by atoms with Gasteiger partial charge < -0.3 is 10.4 Å². The zero-order chi connectivity index (χ0) is 15.5. The lowest BCUT2D eigenvalue weighted by Crippen LogP contribution is -2.21. The topological polar surface area (TPSA) is 66.4 Å². The van der Waals surface area contributed by atoms with Gasteiger partial charge in [-0.2, -0.15) is 0 Å². The molecule has 1 spiro atoms. The Balaban J connectivity index is 1.81. The van der Waals surface area contributed by atoms with Crippen LogP contribution in [0.1, 0.15) is 33.8 Å². The van der Waals surface area contributed by atoms with Gasteiger partial charge in [0.1, 0.15) is 5.82 Å². The minimum atomic E-state index is -1.03. The van der Waals surface area contributed by atoms with Crippen LogP contribution in [0.2, 0.25) is 0 Å². The normalized spacial score (nSPS) is 25.0. The van der Waals surface area contributed by atoms with Crippen molar-refractivity contribution in [3.63, 3.8) is 0 Å². The third kappa shape index (κ3) is 1.62. The highest BCUT2D eigenvalue weighted by molar-refractivity contribution is 6.10. The lowest BCUT2D eigenvalue weighted by molar-refractivity contribution is -0.118. The molecule has 110 valence electrons. The predicted molar refractivity (Wildman–Crippen MR) is 77.5 cm³/mol. The van der Waals surface area contributed by atoms with E-state index in [1.807, 2.05) is 0 Å². The summed E-state index contributed by atoms with van der Waals surface area (Å²) >= 11 is 0. The van der Waals surface area contributed by atoms with Crippen molar-refractivity contribution in [2.75, 3.05) is 5.32 Å². The van der Waals surface area contributed by atoms with E-state index < -0.39 is 11.4 Å². The first-order valence-corrected chi connectivity index (χ1v) is 6.97. The van der Waals surface area contributed by atoms with Gasteiger partial charge in [-0.05, 0) is 47.9 Å². The molecule has 1 aliphatic carbocycles. The molecule has 1 heterocycles. The molecule has 2 aromatic carbocycles. The summed E-state index contributed by atoms with van der Waals surface area (Å²) in [5.74, 6) is -1.62. The van der Waals surface area contributed by atoms with E-state index in [1.54, 1.807) is 24.3 Å². The third-order valence-electron chi connectivity index (χ3n) is 4.61. The van der Waals surface area contributed by atoms with Gasteiger partial charge in [-0.1, -0.05) is 12.1 Å². The molecule has 4 nitrogen and oxygen atoms in total. The van der Waals surface area contributed by atoms with Crippen LogP contribution in [0.4, 0.5) is 10.1 Å². The van der Waals surface area contributed by atoms with Crippen LogP contribution in [0.15, 0.2) is 42.5 Å². The number of anilines is 1. The molecule has 0 saturated heterocycles. The lowest BCUT2D eigenvalue weighted by Gasteiger charge is -2.09. The van der Waals surface area contributed by atoms with Gasteiger partial charge in [0.15, 0.2) is 0 Å². The van der Waals surface area contributed by atoms with Crippen LogP contribution in [-0.4, -0.2) is 17.0 Å². The number of fused-ring (bicyclic) bond motifs is 2. The Kier molecular flexibility index (Phi) is 2.46. The summed E-state index contributed by atoms with van der Waals surface area (Å²) in [7, 11) is 0. The van der Waals surface area contributed by atoms with Crippen LogP contribution in [0, 0.1) is 5.82 Å². The van der Waals surface area contributed by atoms with Gasteiger partial charge in [-0.25, -0.2) is 9.18 Å². The maximum atomic E-state index is 13.4. The largest absolute Gasteiger partial charge is 0.478 e. The molecule has 1 fully saturated rings. The van der Waals surface area contributed by atoms with E-state index in [2.05, 4.69) is 5.32 Å². The Hall–Kier alpha value is -2.69. The van der Waals surface area contributed by atoms with Crippen molar-refractivity contribution < 1.29 is 19.1 Å². The van der Waals surface area contributed by atoms with Crippen LogP contribution in [0.5, 0.6) is 0 Å². The van der Waals surface area contributed by atoms with Gasteiger partial charge in [0.05, 0.1) is 11.0 Å². The van der Waals surface area contributed by atoms with Crippen molar-refractivity contribution in [3.8, 4) is 0 Å². The van der Waals surface area contributed by atoms with E-state index in [4.69, 9.17) is 5.11 Å². The molecule has 1 amide bonds. The van der Waals surface area contributed by atoms with Gasteiger partial charge in [0.25, 0.3) is 0 Å². The highest BCUT2D eigenvalue weighted by Crippen LogP contribution is 2.65. The van der Waals surface area contributed by atoms with Gasteiger partial charge in [0.2, 0.25) is 5.91 Å². The second kappa shape index (κ2) is 4.16. The summed E-state index contributed by atoms with van der Waals surface area (Å²) in [5, 5.41) is 11.9. The van der Waals surface area contributed by atoms with Crippen LogP contribution >= 0.6 is 0 Å². The molecule has 1 saturated carbocycles. The van der Waals surface area contributed by atoms with E-state index in [-0.39, 0.29) is 23.2 Å². The molecule has 4 rings (SSSR count). The summed E-state index contributed by atoms with van der Waals surface area (Å²) in [5.41, 5.74) is 1.51. The van der Waals surface area contributed by atoms with Crippen molar-refractivity contribution in [3.05, 3.63) is 65.0 Å². The summed E-state index contributed by atoms with van der Waals surface area (Å²) in [6.07, 6.45) is 0.568. The number of nitrogens with one attached hydrogen (secondary N) is 1. The summed E-state index contributed by atoms with van der Waals surface area (Å²) in [6, 6.07) is 10.9. The van der Waals surface area contributed by atoms with Crippen LogP contribution in [0.3, 0.4) is 0 Å². The third-order valence-corrected chi connectivity index (χ3v) is 4.61. The second-order valence-electron chi connectivity index (χ2n) is 5.80. The van der Waals surface area contributed by atoms with Gasteiger partial charge in [-0.3, -0.25) is 4.79 Å². The van der Waals surface area contributed by atoms with Crippen molar-refractivity contribution in [2.45, 2.75) is 17.8 Å². The molecule has 2 atom stereocenters. The number of aromatic carboxylic acids is 1. The van der Waals surface area contributed by atoms with Crippen LogP contribution < -0.4 is 5.32 Å². The molecular formula is C17H12FNO3. The maximum Gasteiger partial charge on any atom is 0.335 e. The van der Waals surface area contributed by atoms with Gasteiger partial charge >= 0.3 is 5.97 Å². The number of hydrogen-bond donors (Lipinski definition) is 2. The average molecular weight is 297 g/mol. The number of benzene rings is 2. The molecule has 5 heteroatoms. The average Bonchev–Trinajstić information content (AvgIpc) is 3.17. The molecule has 2 aromatic rings. The van der Waals surface area contributed by atoms with Crippen molar-refractivity contribution in [2.24, 2.45) is 0 Å². The van der Waals surface area contributed by atoms with Gasteiger partial charge in [0, 0.05) is 11.6 Å². The molecule has 0 bridgehead atoms. The smallest absolute Gasteiger partial charge is 0.335 e. The van der Waals surface area contributed by atoms with E-state index >= 15 is 0 Å². The number of carbonyl (C=O) groups excluding carboxylic acids is 1. The molecule has 2 N–H and O–H groups in total. The van der Waals surface area contributed by atoms with E-state index in [9.17, 15) is 14.0 Å². The molecule has 1 aliphatic heterocycles. The molecular weight excluding hydrogens is 285 g/mol. The summed E-state index contributed by atoms with van der Waals surface area (Å²) in [6.45, 7) is 0. The number of carbonyl (C=O) groups is 2. The minimum Gasteiger partial charge on any atom is -0.478 e. The van der Waals surface area contributed by atoms with Crippen molar-refractivity contribution >= 4 is 17.6 Å². The van der Waals surface area contributed by atoms with Crippen LogP contribution in [0.25, 0.3) is 0 Å². The Morgan fingerprint density at radius 3 is 2.82 bits per heavy atom. The first-order chi connectivity index (χ1) is 10.5. The number of halogens is 1. The fourth-order valence-electron chi connectivity index (χ4n) is 3.45. The number of hydrogen-bond acceptors (Lipinski definition) is 2. The van der Waals surface area contributed by atoms with E-state index in [0.29, 0.717) is 17.7 Å². The number of carboxylic acid groups (broad SMARTS) is 1. The monoisotopic (exact) mass is 297 g/mol. The Morgan fingerprint density at radius 1 is 1.27 bits per heavy atom. The summed E-state index contributed by atoms with van der Waals surface area (Å²) in [4.78, 5) is 23.6. The van der Waals surface area contributed by atoms with Gasteiger partial charge in [-0.15, -0.1) is 0 Å². The Labute approximate surface area is 125 Å². The SMILES string of the molecule is O=C(O)c1ccc2c(c1)[C@@]1(C[C@@H]1c1cccc(F)c1)C(=O)N2. The molecule has 0 aromatic heterocycles. The molecule has 2 aliphatic rings. The predicted octanol–water partition coefficient (Wildman–Crippen LogP) is 2.90. The Morgan fingerprint density at radius 2 is 2.09 bits per heavy atom. The zero-order valence-corrected chi connectivity index (χ0v) is 11.5. The molecule has 22 heavy (non-hydrogen) atoms. The quantitative estimate of drug-likeness (QED) is 0.895. The van der Waals surface area contributed by atoms with Crippen molar-refractivity contribution in [1.82, 2.24) is 0 Å². The fraction of sp³-hybridized carbons (Fsp3) is 0.176. The lowest BCUT2D eigenvalue weighted by atomic mass is 9.91. The van der Waals surface area contributed by atoms with Crippen LogP contribution in [-0.2, 0) is 10.2 Å².